The molecule has 0 atom stereocenters. The quantitative estimate of drug-likeness (QED) is 0.870. The van der Waals surface area contributed by atoms with Crippen LogP contribution < -0.4 is 0 Å². The molecule has 1 nitrogen and oxygen atoms in total. The highest BCUT2D eigenvalue weighted by molar-refractivity contribution is 9.10. The maximum absolute atomic E-state index is 9.61. The molecule has 1 aromatic rings. The van der Waals surface area contributed by atoms with Crippen LogP contribution in [0.4, 0.5) is 0 Å². The summed E-state index contributed by atoms with van der Waals surface area (Å²) < 4.78 is 1.19. The smallest absolute Gasteiger partial charge is 0.0653 e. The number of thiophene rings is 1. The second-order valence-electron chi connectivity index (χ2n) is 3.42. The van der Waals surface area contributed by atoms with Gasteiger partial charge in [0.15, 0.2) is 0 Å². The second kappa shape index (κ2) is 3.13. The van der Waals surface area contributed by atoms with E-state index in [0.29, 0.717) is 0 Å². The van der Waals surface area contributed by atoms with Gasteiger partial charge in [0.1, 0.15) is 0 Å². The van der Waals surface area contributed by atoms with E-state index in [1.807, 2.05) is 0 Å². The van der Waals surface area contributed by atoms with Gasteiger partial charge in [0.25, 0.3) is 0 Å². The first-order chi connectivity index (χ1) is 5.70. The Balaban J connectivity index is 1.91. The summed E-state index contributed by atoms with van der Waals surface area (Å²) in [6.07, 6.45) is 3.92. The first-order valence-electron chi connectivity index (χ1n) is 4.14. The van der Waals surface area contributed by atoms with Crippen LogP contribution in [-0.2, 0) is 6.42 Å². The van der Waals surface area contributed by atoms with Crippen LogP contribution in [0.5, 0.6) is 0 Å². The zero-order chi connectivity index (χ0) is 8.60. The number of aryl methyl sites for hydroxylation is 1. The fourth-order valence-electron chi connectivity index (χ4n) is 1.24. The summed E-state index contributed by atoms with van der Waals surface area (Å²) in [5.74, 6) is 0. The predicted octanol–water partition coefficient (Wildman–Crippen LogP) is 2.97. The van der Waals surface area contributed by atoms with Gasteiger partial charge in [-0.15, -0.1) is 11.3 Å². The SMILES string of the molecule is OC1(CCc2sccc2Br)CC1. The molecule has 1 N–H and O–H groups in total. The molecule has 1 aliphatic carbocycles. The zero-order valence-electron chi connectivity index (χ0n) is 6.72. The van der Waals surface area contributed by atoms with E-state index in [0.717, 1.165) is 25.7 Å². The minimum Gasteiger partial charge on any atom is -0.390 e. The van der Waals surface area contributed by atoms with Crippen molar-refractivity contribution in [1.29, 1.82) is 0 Å². The van der Waals surface area contributed by atoms with E-state index in [1.165, 1.54) is 9.35 Å². The van der Waals surface area contributed by atoms with Gasteiger partial charge in [-0.3, -0.25) is 0 Å². The molecule has 0 spiro atoms. The van der Waals surface area contributed by atoms with Crippen LogP contribution in [0.25, 0.3) is 0 Å². The highest BCUT2D eigenvalue weighted by atomic mass is 79.9. The molecular weight excluding hydrogens is 236 g/mol. The fourth-order valence-corrected chi connectivity index (χ4v) is 2.80. The molecule has 66 valence electrons. The first-order valence-corrected chi connectivity index (χ1v) is 5.81. The molecule has 0 amide bonds. The molecule has 2 rings (SSSR count). The number of hydrogen-bond donors (Lipinski definition) is 1. The third kappa shape index (κ3) is 1.90. The van der Waals surface area contributed by atoms with Crippen molar-refractivity contribution in [3.63, 3.8) is 0 Å². The number of hydrogen-bond acceptors (Lipinski definition) is 2. The summed E-state index contributed by atoms with van der Waals surface area (Å²) >= 11 is 5.24. The van der Waals surface area contributed by atoms with Gasteiger partial charge in [-0.2, -0.15) is 0 Å². The van der Waals surface area contributed by atoms with Crippen molar-refractivity contribution in [2.45, 2.75) is 31.3 Å². The van der Waals surface area contributed by atoms with E-state index in [2.05, 4.69) is 27.4 Å². The summed E-state index contributed by atoms with van der Waals surface area (Å²) in [6.45, 7) is 0. The van der Waals surface area contributed by atoms with Crippen molar-refractivity contribution in [1.82, 2.24) is 0 Å². The summed E-state index contributed by atoms with van der Waals surface area (Å²) in [7, 11) is 0. The molecule has 0 aromatic carbocycles. The molecule has 0 saturated heterocycles. The molecule has 0 radical (unpaired) electrons. The third-order valence-corrected chi connectivity index (χ3v) is 4.32. The summed E-state index contributed by atoms with van der Waals surface area (Å²) in [5.41, 5.74) is -0.302. The minimum absolute atomic E-state index is 0.302. The largest absolute Gasteiger partial charge is 0.390 e. The van der Waals surface area contributed by atoms with E-state index >= 15 is 0 Å². The molecule has 0 unspecified atom stereocenters. The van der Waals surface area contributed by atoms with Crippen molar-refractivity contribution in [3.05, 3.63) is 20.8 Å². The van der Waals surface area contributed by atoms with E-state index < -0.39 is 0 Å². The predicted molar refractivity (Wildman–Crippen MR) is 54.5 cm³/mol. The molecule has 1 saturated carbocycles. The Kier molecular flexibility index (Phi) is 2.27. The van der Waals surface area contributed by atoms with E-state index in [9.17, 15) is 5.11 Å². The topological polar surface area (TPSA) is 20.2 Å². The van der Waals surface area contributed by atoms with Gasteiger partial charge >= 0.3 is 0 Å². The van der Waals surface area contributed by atoms with Gasteiger partial charge < -0.3 is 5.11 Å². The van der Waals surface area contributed by atoms with Crippen LogP contribution >= 0.6 is 27.3 Å². The van der Waals surface area contributed by atoms with Crippen LogP contribution in [0.15, 0.2) is 15.9 Å². The van der Waals surface area contributed by atoms with E-state index in [-0.39, 0.29) is 5.60 Å². The first kappa shape index (κ1) is 8.73. The van der Waals surface area contributed by atoms with Crippen LogP contribution in [0.3, 0.4) is 0 Å². The van der Waals surface area contributed by atoms with Gasteiger partial charge in [0, 0.05) is 9.35 Å². The Morgan fingerprint density at radius 1 is 1.58 bits per heavy atom. The van der Waals surface area contributed by atoms with Gasteiger partial charge in [-0.05, 0) is 53.1 Å². The molecular formula is C9H11BrOS. The Labute approximate surface area is 84.6 Å². The standard InChI is InChI=1S/C9H11BrOS/c10-7-2-6-12-8(7)1-3-9(11)4-5-9/h2,6,11H,1,3-5H2. The van der Waals surface area contributed by atoms with Crippen LogP contribution in [0, 0.1) is 0 Å². The van der Waals surface area contributed by atoms with Crippen molar-refractivity contribution in [2.24, 2.45) is 0 Å². The number of aliphatic hydroxyl groups is 1. The van der Waals surface area contributed by atoms with Crippen molar-refractivity contribution in [2.75, 3.05) is 0 Å². The molecule has 1 heterocycles. The van der Waals surface area contributed by atoms with Crippen molar-refractivity contribution in [3.8, 4) is 0 Å². The van der Waals surface area contributed by atoms with Crippen molar-refractivity contribution < 1.29 is 5.11 Å². The van der Waals surface area contributed by atoms with E-state index in [4.69, 9.17) is 0 Å². The Morgan fingerprint density at radius 3 is 2.83 bits per heavy atom. The summed E-state index contributed by atoms with van der Waals surface area (Å²) in [4.78, 5) is 1.36. The normalized spacial score (nSPS) is 19.5. The third-order valence-electron chi connectivity index (χ3n) is 2.34. The van der Waals surface area contributed by atoms with E-state index in [1.54, 1.807) is 11.3 Å². The average Bonchev–Trinajstić information content (AvgIpc) is 2.61. The number of halogens is 1. The van der Waals surface area contributed by atoms with Crippen LogP contribution in [-0.4, -0.2) is 10.7 Å². The lowest BCUT2D eigenvalue weighted by atomic mass is 10.1. The summed E-state index contributed by atoms with van der Waals surface area (Å²) in [5, 5.41) is 11.7. The molecule has 1 aromatic heterocycles. The minimum atomic E-state index is -0.302. The molecule has 12 heavy (non-hydrogen) atoms. The van der Waals surface area contributed by atoms with Gasteiger partial charge in [-0.1, -0.05) is 0 Å². The Morgan fingerprint density at radius 2 is 2.33 bits per heavy atom. The molecule has 0 aliphatic heterocycles. The van der Waals surface area contributed by atoms with Gasteiger partial charge in [0.2, 0.25) is 0 Å². The molecule has 1 fully saturated rings. The fraction of sp³-hybridized carbons (Fsp3) is 0.556. The second-order valence-corrected chi connectivity index (χ2v) is 5.27. The lowest BCUT2D eigenvalue weighted by Crippen LogP contribution is -2.07. The highest BCUT2D eigenvalue weighted by Crippen LogP contribution is 2.40. The number of rotatable bonds is 3. The average molecular weight is 247 g/mol. The lowest BCUT2D eigenvalue weighted by Gasteiger charge is -2.05. The van der Waals surface area contributed by atoms with Crippen LogP contribution in [0.2, 0.25) is 0 Å². The maximum Gasteiger partial charge on any atom is 0.0653 e. The summed E-state index contributed by atoms with van der Waals surface area (Å²) in [6, 6.07) is 2.07. The zero-order valence-corrected chi connectivity index (χ0v) is 9.12. The molecule has 1 aliphatic rings. The van der Waals surface area contributed by atoms with Crippen molar-refractivity contribution >= 4 is 27.3 Å². The van der Waals surface area contributed by atoms with Gasteiger partial charge in [-0.25, -0.2) is 0 Å². The molecule has 3 heteroatoms. The molecule has 0 bridgehead atoms. The van der Waals surface area contributed by atoms with Gasteiger partial charge in [0.05, 0.1) is 5.60 Å². The maximum atomic E-state index is 9.61. The lowest BCUT2D eigenvalue weighted by molar-refractivity contribution is 0.141. The Hall–Kier alpha value is 0.140. The Bertz CT molecular complexity index is 278. The highest BCUT2D eigenvalue weighted by Gasteiger charge is 2.39. The van der Waals surface area contributed by atoms with Crippen LogP contribution in [0.1, 0.15) is 24.1 Å². The monoisotopic (exact) mass is 246 g/mol.